The summed E-state index contributed by atoms with van der Waals surface area (Å²) in [5, 5.41) is 15.8. The lowest BCUT2D eigenvalue weighted by molar-refractivity contribution is -0.684. The molecule has 1 aliphatic heterocycles. The van der Waals surface area contributed by atoms with Gasteiger partial charge in [0.15, 0.2) is 0 Å². The van der Waals surface area contributed by atoms with Crippen molar-refractivity contribution in [2.75, 3.05) is 5.32 Å². The molecule has 12 heavy (non-hydrogen) atoms. The van der Waals surface area contributed by atoms with Crippen molar-refractivity contribution in [1.29, 1.82) is 0 Å². The third-order valence-electron chi connectivity index (χ3n) is 1.41. The lowest BCUT2D eigenvalue weighted by Gasteiger charge is -2.23. The summed E-state index contributed by atoms with van der Waals surface area (Å²) in [6.45, 7) is 0. The van der Waals surface area contributed by atoms with Gasteiger partial charge in [-0.2, -0.15) is 0 Å². The van der Waals surface area contributed by atoms with Crippen LogP contribution in [0.1, 0.15) is 0 Å². The molecule has 2 rings (SSSR count). The van der Waals surface area contributed by atoms with Crippen LogP contribution in [-0.2, 0) is 14.8 Å². The molecule has 0 saturated carbocycles. The number of benzene rings is 1. The molecule has 1 fully saturated rings. The largest absolute Gasteiger partial charge is 0.508 e. The quantitative estimate of drug-likeness (QED) is 0.510. The number of hydrogen-bond donors (Lipinski definition) is 2. The summed E-state index contributed by atoms with van der Waals surface area (Å²) in [6, 6.07) is 6.50. The van der Waals surface area contributed by atoms with Crippen LogP contribution in [0.2, 0.25) is 0 Å². The van der Waals surface area contributed by atoms with Crippen molar-refractivity contribution < 1.29 is 19.9 Å². The summed E-state index contributed by atoms with van der Waals surface area (Å²) in [5.74, 6) is 0.215. The predicted molar refractivity (Wildman–Crippen MR) is 38.8 cm³/mol. The van der Waals surface area contributed by atoms with Crippen molar-refractivity contribution in [2.24, 2.45) is 0 Å². The normalized spacial score (nSPS) is 17.0. The molecule has 64 valence electrons. The van der Waals surface area contributed by atoms with E-state index >= 15 is 0 Å². The average Bonchev–Trinajstić information content (AvgIpc) is 2.00. The number of anilines is 1. The number of nitrogens with one attached hydrogen (secondary N) is 1. The molecule has 1 aromatic rings. The first-order chi connectivity index (χ1) is 5.84. The van der Waals surface area contributed by atoms with E-state index in [1.165, 1.54) is 0 Å². The summed E-state index contributed by atoms with van der Waals surface area (Å²) in [5.41, 5.74) is 0.779. The van der Waals surface area contributed by atoms with Crippen LogP contribution in [0.5, 0.6) is 5.75 Å². The van der Waals surface area contributed by atoms with E-state index in [1.54, 1.807) is 24.3 Å². The first kappa shape index (κ1) is 7.35. The van der Waals surface area contributed by atoms with Crippen LogP contribution in [0.25, 0.3) is 0 Å². The molecule has 0 bridgehead atoms. The van der Waals surface area contributed by atoms with E-state index in [0.717, 1.165) is 5.69 Å². The number of rotatable bonds is 2. The van der Waals surface area contributed by atoms with Crippen molar-refractivity contribution in [2.45, 2.75) is 6.41 Å². The molecular weight excluding hydrogens is 162 g/mol. The maximum absolute atomic E-state index is 8.95. The number of phenols is 1. The van der Waals surface area contributed by atoms with Crippen LogP contribution in [0.15, 0.2) is 24.3 Å². The van der Waals surface area contributed by atoms with Gasteiger partial charge in [-0.15, -0.1) is 9.78 Å². The summed E-state index contributed by atoms with van der Waals surface area (Å²) < 4.78 is 0. The summed E-state index contributed by atoms with van der Waals surface area (Å²) in [6.07, 6.45) is -0.561. The van der Waals surface area contributed by atoms with E-state index in [2.05, 4.69) is 20.1 Å². The van der Waals surface area contributed by atoms with Crippen LogP contribution < -0.4 is 5.32 Å². The second-order valence-electron chi connectivity index (χ2n) is 2.28. The monoisotopic (exact) mass is 169 g/mol. The van der Waals surface area contributed by atoms with Crippen LogP contribution >= 0.6 is 0 Å². The molecule has 0 spiro atoms. The first-order valence-corrected chi connectivity index (χ1v) is 3.39. The Bertz CT molecular complexity index is 257. The lowest BCUT2D eigenvalue weighted by atomic mass is 10.3. The zero-order valence-corrected chi connectivity index (χ0v) is 6.06. The minimum Gasteiger partial charge on any atom is -0.508 e. The van der Waals surface area contributed by atoms with Crippen molar-refractivity contribution >= 4 is 5.69 Å². The number of phenolic OH excluding ortho intramolecular Hbond substituents is 1. The van der Waals surface area contributed by atoms with Gasteiger partial charge >= 0.3 is 6.41 Å². The topological polar surface area (TPSA) is 60.0 Å². The standard InChI is InChI=1S/C7H7NO4/c9-6-3-1-5(2-4-6)8-7-10-12-11-7/h1-4,7-9H. The van der Waals surface area contributed by atoms with Gasteiger partial charge in [0.1, 0.15) is 5.75 Å². The van der Waals surface area contributed by atoms with Crippen molar-refractivity contribution in [3.63, 3.8) is 0 Å². The maximum atomic E-state index is 8.95. The van der Waals surface area contributed by atoms with Gasteiger partial charge in [-0.3, -0.25) is 0 Å². The Morgan fingerprint density at radius 3 is 2.33 bits per heavy atom. The highest BCUT2D eigenvalue weighted by Gasteiger charge is 2.21. The van der Waals surface area contributed by atoms with E-state index in [9.17, 15) is 0 Å². The van der Waals surface area contributed by atoms with Gasteiger partial charge in [0.05, 0.1) is 0 Å². The van der Waals surface area contributed by atoms with Crippen LogP contribution in [-0.4, -0.2) is 11.5 Å². The minimum atomic E-state index is -0.561. The van der Waals surface area contributed by atoms with E-state index < -0.39 is 6.41 Å². The van der Waals surface area contributed by atoms with Crippen LogP contribution in [0.3, 0.4) is 0 Å². The fourth-order valence-electron chi connectivity index (χ4n) is 0.820. The molecule has 2 N–H and O–H groups in total. The van der Waals surface area contributed by atoms with Gasteiger partial charge in [0, 0.05) is 5.69 Å². The molecular formula is C7H7NO4. The second kappa shape index (κ2) is 2.98. The third-order valence-corrected chi connectivity index (χ3v) is 1.41. The molecule has 1 aliphatic rings. The molecule has 0 atom stereocenters. The Morgan fingerprint density at radius 1 is 1.17 bits per heavy atom. The molecule has 0 radical (unpaired) electrons. The maximum Gasteiger partial charge on any atom is 0.303 e. The molecule has 0 unspecified atom stereocenters. The smallest absolute Gasteiger partial charge is 0.303 e. The molecule has 0 aromatic heterocycles. The Balaban J connectivity index is 1.98. The van der Waals surface area contributed by atoms with E-state index in [4.69, 9.17) is 5.11 Å². The molecule has 1 heterocycles. The first-order valence-electron chi connectivity index (χ1n) is 3.39. The van der Waals surface area contributed by atoms with Crippen LogP contribution in [0.4, 0.5) is 5.69 Å². The predicted octanol–water partition coefficient (Wildman–Crippen LogP) is 0.981. The Morgan fingerprint density at radius 2 is 1.83 bits per heavy atom. The lowest BCUT2D eigenvalue weighted by Crippen LogP contribution is -2.35. The van der Waals surface area contributed by atoms with E-state index in [1.807, 2.05) is 0 Å². The fraction of sp³-hybridized carbons (Fsp3) is 0.143. The number of hydrogen-bond acceptors (Lipinski definition) is 5. The second-order valence-corrected chi connectivity index (χ2v) is 2.28. The van der Waals surface area contributed by atoms with Gasteiger partial charge in [0.2, 0.25) is 0 Å². The summed E-state index contributed by atoms with van der Waals surface area (Å²) >= 11 is 0. The van der Waals surface area contributed by atoms with E-state index in [-0.39, 0.29) is 5.75 Å². The van der Waals surface area contributed by atoms with Crippen LogP contribution in [0, 0.1) is 0 Å². The minimum absolute atomic E-state index is 0.215. The van der Waals surface area contributed by atoms with Gasteiger partial charge in [-0.25, -0.2) is 0 Å². The Kier molecular flexibility index (Phi) is 1.83. The van der Waals surface area contributed by atoms with Gasteiger partial charge in [-0.05, 0) is 24.3 Å². The van der Waals surface area contributed by atoms with E-state index in [0.29, 0.717) is 0 Å². The molecule has 0 aliphatic carbocycles. The molecule has 5 heteroatoms. The Hall–Kier alpha value is -1.30. The van der Waals surface area contributed by atoms with Crippen molar-refractivity contribution in [3.05, 3.63) is 24.3 Å². The highest BCUT2D eigenvalue weighted by molar-refractivity contribution is 5.45. The van der Waals surface area contributed by atoms with Gasteiger partial charge in [-0.1, -0.05) is 5.04 Å². The molecule has 0 amide bonds. The van der Waals surface area contributed by atoms with Gasteiger partial charge in [0.25, 0.3) is 0 Å². The zero-order chi connectivity index (χ0) is 8.39. The summed E-state index contributed by atoms with van der Waals surface area (Å²) in [4.78, 5) is 8.94. The Labute approximate surface area is 68.3 Å². The average molecular weight is 169 g/mol. The fourth-order valence-corrected chi connectivity index (χ4v) is 0.820. The molecule has 5 nitrogen and oxygen atoms in total. The molecule has 1 saturated heterocycles. The highest BCUT2D eigenvalue weighted by atomic mass is 17.6. The number of aromatic hydroxyl groups is 1. The highest BCUT2D eigenvalue weighted by Crippen LogP contribution is 2.17. The molecule has 1 aromatic carbocycles. The van der Waals surface area contributed by atoms with Crippen molar-refractivity contribution in [1.82, 2.24) is 0 Å². The zero-order valence-electron chi connectivity index (χ0n) is 6.06. The summed E-state index contributed by atoms with van der Waals surface area (Å²) in [7, 11) is 0. The SMILES string of the molecule is Oc1ccc(NC2OOO2)cc1. The van der Waals surface area contributed by atoms with Gasteiger partial charge < -0.3 is 10.4 Å². The third kappa shape index (κ3) is 1.48. The van der Waals surface area contributed by atoms with Crippen molar-refractivity contribution in [3.8, 4) is 5.75 Å².